The van der Waals surface area contributed by atoms with E-state index in [1.54, 1.807) is 18.3 Å². The number of amides is 1. The van der Waals surface area contributed by atoms with Crippen LogP contribution in [0.25, 0.3) is 0 Å². The molecule has 0 atom stereocenters. The van der Waals surface area contributed by atoms with Crippen LogP contribution in [-0.2, 0) is 0 Å². The zero-order chi connectivity index (χ0) is 15.1. The Balaban J connectivity index is 1.96. The Morgan fingerprint density at radius 2 is 2.10 bits per heavy atom. The molecule has 116 valence electrons. The molecule has 1 aliphatic carbocycles. The van der Waals surface area contributed by atoms with Crippen LogP contribution in [-0.4, -0.2) is 29.6 Å². The SMILES string of the molecule is CCNC(=O)c1cc(OCC2(N)CCCCCC2)ccn1. The number of hydrogen-bond donors (Lipinski definition) is 2. The fourth-order valence-electron chi connectivity index (χ4n) is 2.68. The lowest BCUT2D eigenvalue weighted by Crippen LogP contribution is -2.45. The number of ether oxygens (including phenoxy) is 1. The average Bonchev–Trinajstić information content (AvgIpc) is 2.71. The van der Waals surface area contributed by atoms with Crippen molar-refractivity contribution in [1.82, 2.24) is 10.3 Å². The van der Waals surface area contributed by atoms with Crippen LogP contribution in [0.15, 0.2) is 18.3 Å². The monoisotopic (exact) mass is 291 g/mol. The molecule has 0 saturated heterocycles. The Kier molecular flexibility index (Phi) is 5.56. The first-order valence-corrected chi connectivity index (χ1v) is 7.79. The second-order valence-corrected chi connectivity index (χ2v) is 5.80. The van der Waals surface area contributed by atoms with Gasteiger partial charge in [-0.2, -0.15) is 0 Å². The second kappa shape index (κ2) is 7.41. The molecular weight excluding hydrogens is 266 g/mol. The number of nitrogens with two attached hydrogens (primary N) is 1. The van der Waals surface area contributed by atoms with E-state index < -0.39 is 0 Å². The smallest absolute Gasteiger partial charge is 0.270 e. The summed E-state index contributed by atoms with van der Waals surface area (Å²) in [6, 6.07) is 3.44. The number of hydrogen-bond acceptors (Lipinski definition) is 4. The van der Waals surface area contributed by atoms with E-state index in [4.69, 9.17) is 10.5 Å². The maximum Gasteiger partial charge on any atom is 0.270 e. The van der Waals surface area contributed by atoms with Crippen molar-refractivity contribution in [3.63, 3.8) is 0 Å². The minimum Gasteiger partial charge on any atom is -0.492 e. The van der Waals surface area contributed by atoms with Gasteiger partial charge in [0.25, 0.3) is 5.91 Å². The van der Waals surface area contributed by atoms with Crippen LogP contribution in [0.4, 0.5) is 0 Å². The van der Waals surface area contributed by atoms with Crippen LogP contribution < -0.4 is 15.8 Å². The lowest BCUT2D eigenvalue weighted by atomic mass is 9.92. The Bertz CT molecular complexity index is 468. The summed E-state index contributed by atoms with van der Waals surface area (Å²) in [6.07, 6.45) is 8.45. The topological polar surface area (TPSA) is 77.2 Å². The van der Waals surface area contributed by atoms with Gasteiger partial charge in [-0.1, -0.05) is 25.7 Å². The highest BCUT2D eigenvalue weighted by Crippen LogP contribution is 2.26. The van der Waals surface area contributed by atoms with E-state index in [0.717, 1.165) is 12.8 Å². The summed E-state index contributed by atoms with van der Waals surface area (Å²) < 4.78 is 5.83. The van der Waals surface area contributed by atoms with Gasteiger partial charge in [0.1, 0.15) is 18.1 Å². The van der Waals surface area contributed by atoms with Gasteiger partial charge in [-0.3, -0.25) is 9.78 Å². The third-order valence-electron chi connectivity index (χ3n) is 3.93. The third kappa shape index (κ3) is 4.70. The van der Waals surface area contributed by atoms with Gasteiger partial charge in [-0.25, -0.2) is 0 Å². The first-order chi connectivity index (χ1) is 10.1. The molecule has 0 bridgehead atoms. The summed E-state index contributed by atoms with van der Waals surface area (Å²) in [4.78, 5) is 15.8. The van der Waals surface area contributed by atoms with Gasteiger partial charge in [0.05, 0.1) is 5.54 Å². The lowest BCUT2D eigenvalue weighted by molar-refractivity contribution is 0.0950. The number of carbonyl (C=O) groups excluding carboxylic acids is 1. The fraction of sp³-hybridized carbons (Fsp3) is 0.625. The molecule has 3 N–H and O–H groups in total. The molecule has 1 fully saturated rings. The number of nitrogens with zero attached hydrogens (tertiary/aromatic N) is 1. The zero-order valence-electron chi connectivity index (χ0n) is 12.7. The van der Waals surface area contributed by atoms with Crippen molar-refractivity contribution in [3.8, 4) is 5.75 Å². The van der Waals surface area contributed by atoms with Crippen molar-refractivity contribution >= 4 is 5.91 Å². The summed E-state index contributed by atoms with van der Waals surface area (Å²) in [6.45, 7) is 2.95. The second-order valence-electron chi connectivity index (χ2n) is 5.80. The molecule has 1 aromatic rings. The number of aromatic nitrogens is 1. The minimum absolute atomic E-state index is 0.181. The molecule has 5 heteroatoms. The molecular formula is C16H25N3O2. The van der Waals surface area contributed by atoms with E-state index in [-0.39, 0.29) is 11.4 Å². The molecule has 1 heterocycles. The van der Waals surface area contributed by atoms with Crippen LogP contribution in [0.3, 0.4) is 0 Å². The summed E-state index contributed by atoms with van der Waals surface area (Å²) >= 11 is 0. The molecule has 21 heavy (non-hydrogen) atoms. The van der Waals surface area contributed by atoms with Crippen molar-refractivity contribution in [1.29, 1.82) is 0 Å². The summed E-state index contributed by atoms with van der Waals surface area (Å²) in [5, 5.41) is 2.73. The maximum absolute atomic E-state index is 11.8. The van der Waals surface area contributed by atoms with Crippen LogP contribution in [0.2, 0.25) is 0 Å². The van der Waals surface area contributed by atoms with Crippen molar-refractivity contribution in [2.24, 2.45) is 5.73 Å². The van der Waals surface area contributed by atoms with Crippen LogP contribution in [0, 0.1) is 0 Å². The van der Waals surface area contributed by atoms with Crippen LogP contribution in [0.1, 0.15) is 55.9 Å². The van der Waals surface area contributed by atoms with Crippen molar-refractivity contribution < 1.29 is 9.53 Å². The zero-order valence-corrected chi connectivity index (χ0v) is 12.7. The molecule has 0 spiro atoms. The standard InChI is InChI=1S/C16H25N3O2/c1-2-18-15(20)14-11-13(7-10-19-14)21-12-16(17)8-5-3-4-6-9-16/h7,10-11H,2-6,8-9,12,17H2,1H3,(H,18,20). The molecule has 0 radical (unpaired) electrons. The molecule has 1 saturated carbocycles. The van der Waals surface area contributed by atoms with Crippen molar-refractivity contribution in [3.05, 3.63) is 24.0 Å². The first-order valence-electron chi connectivity index (χ1n) is 7.79. The fourth-order valence-corrected chi connectivity index (χ4v) is 2.68. The average molecular weight is 291 g/mol. The van der Waals surface area contributed by atoms with Crippen LogP contribution >= 0.6 is 0 Å². The number of nitrogens with one attached hydrogen (secondary N) is 1. The number of rotatable bonds is 5. The summed E-state index contributed by atoms with van der Waals surface area (Å²) in [7, 11) is 0. The lowest BCUT2D eigenvalue weighted by Gasteiger charge is -2.27. The Hall–Kier alpha value is -1.62. The van der Waals surface area contributed by atoms with Gasteiger partial charge in [0.15, 0.2) is 0 Å². The molecule has 5 nitrogen and oxygen atoms in total. The Morgan fingerprint density at radius 3 is 2.76 bits per heavy atom. The molecule has 0 aliphatic heterocycles. The van der Waals surface area contributed by atoms with Gasteiger partial charge < -0.3 is 15.8 Å². The molecule has 1 aliphatic rings. The molecule has 1 amide bonds. The van der Waals surface area contributed by atoms with Gasteiger partial charge in [-0.15, -0.1) is 0 Å². The van der Waals surface area contributed by atoms with E-state index in [1.165, 1.54) is 25.7 Å². The highest BCUT2D eigenvalue weighted by molar-refractivity contribution is 5.92. The number of carbonyl (C=O) groups is 1. The van der Waals surface area contributed by atoms with E-state index in [0.29, 0.717) is 24.6 Å². The highest BCUT2D eigenvalue weighted by Gasteiger charge is 2.27. The summed E-state index contributed by atoms with van der Waals surface area (Å²) in [5.41, 5.74) is 6.56. The van der Waals surface area contributed by atoms with E-state index >= 15 is 0 Å². The third-order valence-corrected chi connectivity index (χ3v) is 3.93. The highest BCUT2D eigenvalue weighted by atomic mass is 16.5. The van der Waals surface area contributed by atoms with E-state index in [2.05, 4.69) is 10.3 Å². The van der Waals surface area contributed by atoms with Crippen molar-refractivity contribution in [2.75, 3.05) is 13.2 Å². The molecule has 1 aromatic heterocycles. The summed E-state index contributed by atoms with van der Waals surface area (Å²) in [5.74, 6) is 0.472. The van der Waals surface area contributed by atoms with Gasteiger partial charge in [0.2, 0.25) is 0 Å². The van der Waals surface area contributed by atoms with E-state index in [9.17, 15) is 4.79 Å². The number of pyridine rings is 1. The van der Waals surface area contributed by atoms with E-state index in [1.807, 2.05) is 6.92 Å². The molecule has 2 rings (SSSR count). The first kappa shape index (κ1) is 15.8. The van der Waals surface area contributed by atoms with Gasteiger partial charge in [0, 0.05) is 18.8 Å². The molecule has 0 aromatic carbocycles. The Morgan fingerprint density at radius 1 is 1.38 bits per heavy atom. The predicted molar refractivity (Wildman–Crippen MR) is 82.4 cm³/mol. The predicted octanol–water partition coefficient (Wildman–Crippen LogP) is 2.26. The Labute approximate surface area is 126 Å². The largest absolute Gasteiger partial charge is 0.492 e. The van der Waals surface area contributed by atoms with Crippen molar-refractivity contribution in [2.45, 2.75) is 51.0 Å². The quantitative estimate of drug-likeness (QED) is 0.816. The van der Waals surface area contributed by atoms with Gasteiger partial charge >= 0.3 is 0 Å². The maximum atomic E-state index is 11.8. The minimum atomic E-state index is -0.244. The van der Waals surface area contributed by atoms with Gasteiger partial charge in [-0.05, 0) is 25.8 Å². The van der Waals surface area contributed by atoms with Crippen LogP contribution in [0.5, 0.6) is 5.75 Å². The molecule has 0 unspecified atom stereocenters. The normalized spacial score (nSPS) is 17.8.